The molecule has 0 spiro atoms. The maximum absolute atomic E-state index is 13.9. The van der Waals surface area contributed by atoms with Gasteiger partial charge < -0.3 is 10.1 Å². The van der Waals surface area contributed by atoms with Crippen LogP contribution in [0.4, 0.5) is 10.3 Å². The summed E-state index contributed by atoms with van der Waals surface area (Å²) in [6.45, 7) is 4.65. The van der Waals surface area contributed by atoms with E-state index in [-0.39, 0.29) is 17.7 Å². The van der Waals surface area contributed by atoms with Crippen LogP contribution in [0.2, 0.25) is 0 Å². The number of hydrogen-bond acceptors (Lipinski definition) is 5. The highest BCUT2D eigenvalue weighted by Gasteiger charge is 2.12. The van der Waals surface area contributed by atoms with Crippen molar-refractivity contribution in [3.05, 3.63) is 29.6 Å². The molecule has 5 nitrogen and oxygen atoms in total. The fourth-order valence-electron chi connectivity index (χ4n) is 1.69. The average molecular weight is 276 g/mol. The Morgan fingerprint density at radius 2 is 2.05 bits per heavy atom. The highest BCUT2D eigenvalue weighted by Crippen LogP contribution is 2.23. The summed E-state index contributed by atoms with van der Waals surface area (Å²) in [6.07, 6.45) is 0.933. The van der Waals surface area contributed by atoms with E-state index in [0.29, 0.717) is 11.5 Å². The number of rotatable bonds is 5. The first kappa shape index (κ1) is 14.2. The molecule has 1 aromatic heterocycles. The van der Waals surface area contributed by atoms with Crippen LogP contribution in [-0.4, -0.2) is 28.6 Å². The molecule has 0 atom stereocenters. The largest absolute Gasteiger partial charge is 0.467 e. The molecule has 0 amide bonds. The second-order valence-electron chi connectivity index (χ2n) is 4.38. The van der Waals surface area contributed by atoms with Crippen LogP contribution in [0.15, 0.2) is 18.2 Å². The highest BCUT2D eigenvalue weighted by atomic mass is 19.1. The summed E-state index contributed by atoms with van der Waals surface area (Å²) >= 11 is 0. The molecule has 0 unspecified atom stereocenters. The third kappa shape index (κ3) is 3.20. The Bertz CT molecular complexity index is 604. The van der Waals surface area contributed by atoms with E-state index in [4.69, 9.17) is 4.74 Å². The van der Waals surface area contributed by atoms with Crippen molar-refractivity contribution in [2.24, 2.45) is 0 Å². The van der Waals surface area contributed by atoms with Crippen LogP contribution >= 0.6 is 0 Å². The maximum Gasteiger partial charge on any atom is 0.321 e. The third-order valence-electron chi connectivity index (χ3n) is 2.69. The number of benzene rings is 1. The van der Waals surface area contributed by atoms with Crippen molar-refractivity contribution in [3.8, 4) is 17.4 Å². The van der Waals surface area contributed by atoms with E-state index in [0.717, 1.165) is 18.5 Å². The van der Waals surface area contributed by atoms with E-state index in [9.17, 15) is 4.39 Å². The van der Waals surface area contributed by atoms with Gasteiger partial charge in [-0.25, -0.2) is 4.39 Å². The molecule has 20 heavy (non-hydrogen) atoms. The lowest BCUT2D eigenvalue weighted by molar-refractivity contribution is 0.379. The molecule has 1 N–H and O–H groups in total. The van der Waals surface area contributed by atoms with Gasteiger partial charge >= 0.3 is 6.01 Å². The normalized spacial score (nSPS) is 10.4. The summed E-state index contributed by atoms with van der Waals surface area (Å²) in [5, 5.41) is 3.05. The van der Waals surface area contributed by atoms with Gasteiger partial charge in [0.05, 0.1) is 12.7 Å². The lowest BCUT2D eigenvalue weighted by Gasteiger charge is -2.08. The first-order chi connectivity index (χ1) is 9.63. The Morgan fingerprint density at radius 1 is 1.25 bits per heavy atom. The minimum Gasteiger partial charge on any atom is -0.467 e. The van der Waals surface area contributed by atoms with Crippen molar-refractivity contribution in [3.63, 3.8) is 0 Å². The van der Waals surface area contributed by atoms with Gasteiger partial charge in [0, 0.05) is 6.54 Å². The average Bonchev–Trinajstić information content (AvgIpc) is 2.47. The molecule has 0 saturated heterocycles. The number of aryl methyl sites for hydroxylation is 1. The fourth-order valence-corrected chi connectivity index (χ4v) is 1.69. The Morgan fingerprint density at radius 3 is 2.75 bits per heavy atom. The van der Waals surface area contributed by atoms with Gasteiger partial charge in [-0.1, -0.05) is 18.6 Å². The molecule has 0 bridgehead atoms. The molecule has 0 aliphatic rings. The van der Waals surface area contributed by atoms with Gasteiger partial charge in [0.15, 0.2) is 5.82 Å². The summed E-state index contributed by atoms with van der Waals surface area (Å²) in [5.74, 6) is 0.275. The van der Waals surface area contributed by atoms with E-state index >= 15 is 0 Å². The fraction of sp³-hybridized carbons (Fsp3) is 0.357. The number of hydrogen-bond donors (Lipinski definition) is 1. The van der Waals surface area contributed by atoms with Gasteiger partial charge in [0.1, 0.15) is 5.82 Å². The first-order valence-corrected chi connectivity index (χ1v) is 6.44. The van der Waals surface area contributed by atoms with Crippen molar-refractivity contribution in [1.82, 2.24) is 15.0 Å². The summed E-state index contributed by atoms with van der Waals surface area (Å²) in [4.78, 5) is 12.4. The Labute approximate surface area is 117 Å². The SMILES string of the molecule is CCCNc1nc(OC)nc(-c2cc(C)ccc2F)n1. The number of ether oxygens (including phenoxy) is 1. The van der Waals surface area contributed by atoms with Gasteiger partial charge in [-0.2, -0.15) is 15.0 Å². The van der Waals surface area contributed by atoms with Crippen molar-refractivity contribution >= 4 is 5.95 Å². The molecule has 0 aliphatic carbocycles. The van der Waals surface area contributed by atoms with Crippen LogP contribution in [0, 0.1) is 12.7 Å². The standard InChI is InChI=1S/C14H17FN4O/c1-4-7-16-13-17-12(18-14(19-13)20-3)10-8-9(2)5-6-11(10)15/h5-6,8H,4,7H2,1-3H3,(H,16,17,18,19). The van der Waals surface area contributed by atoms with Crippen LogP contribution in [-0.2, 0) is 0 Å². The first-order valence-electron chi connectivity index (χ1n) is 6.44. The van der Waals surface area contributed by atoms with E-state index in [1.54, 1.807) is 12.1 Å². The van der Waals surface area contributed by atoms with Gasteiger partial charge in [0.25, 0.3) is 0 Å². The van der Waals surface area contributed by atoms with Gasteiger partial charge in [-0.15, -0.1) is 0 Å². The van der Waals surface area contributed by atoms with Gasteiger partial charge in [-0.3, -0.25) is 0 Å². The molecular formula is C14H17FN4O. The zero-order chi connectivity index (χ0) is 14.5. The summed E-state index contributed by atoms with van der Waals surface area (Å²) in [6, 6.07) is 4.97. The molecule has 2 aromatic rings. The highest BCUT2D eigenvalue weighted by molar-refractivity contribution is 5.58. The number of methoxy groups -OCH3 is 1. The van der Waals surface area contributed by atoms with E-state index in [1.165, 1.54) is 13.2 Å². The van der Waals surface area contributed by atoms with Gasteiger partial charge in [-0.05, 0) is 25.5 Å². The maximum atomic E-state index is 13.9. The molecule has 1 heterocycles. The lowest BCUT2D eigenvalue weighted by Crippen LogP contribution is -2.08. The zero-order valence-corrected chi connectivity index (χ0v) is 11.8. The lowest BCUT2D eigenvalue weighted by atomic mass is 10.1. The predicted octanol–water partition coefficient (Wildman–Crippen LogP) is 2.82. The molecule has 106 valence electrons. The Balaban J connectivity index is 2.46. The van der Waals surface area contributed by atoms with Crippen LogP contribution in [0.1, 0.15) is 18.9 Å². The van der Waals surface area contributed by atoms with E-state index in [1.807, 2.05) is 13.8 Å². The molecule has 0 fully saturated rings. The number of anilines is 1. The smallest absolute Gasteiger partial charge is 0.321 e. The van der Waals surface area contributed by atoms with Crippen molar-refractivity contribution in [2.45, 2.75) is 20.3 Å². The summed E-state index contributed by atoms with van der Waals surface area (Å²) < 4.78 is 19.0. The monoisotopic (exact) mass is 276 g/mol. The molecule has 2 rings (SSSR count). The third-order valence-corrected chi connectivity index (χ3v) is 2.69. The molecular weight excluding hydrogens is 259 g/mol. The molecule has 0 saturated carbocycles. The number of nitrogens with one attached hydrogen (secondary N) is 1. The van der Waals surface area contributed by atoms with Crippen LogP contribution in [0.5, 0.6) is 6.01 Å². The second-order valence-corrected chi connectivity index (χ2v) is 4.38. The number of halogens is 1. The van der Waals surface area contributed by atoms with Crippen LogP contribution < -0.4 is 10.1 Å². The van der Waals surface area contributed by atoms with Crippen LogP contribution in [0.3, 0.4) is 0 Å². The van der Waals surface area contributed by atoms with Crippen LogP contribution in [0.25, 0.3) is 11.4 Å². The predicted molar refractivity (Wildman–Crippen MR) is 75.3 cm³/mol. The minimum atomic E-state index is -0.370. The van der Waals surface area contributed by atoms with Crippen molar-refractivity contribution in [2.75, 3.05) is 19.0 Å². The van der Waals surface area contributed by atoms with Gasteiger partial charge in [0.2, 0.25) is 5.95 Å². The minimum absolute atomic E-state index is 0.162. The number of aromatic nitrogens is 3. The Hall–Kier alpha value is -2.24. The summed E-state index contributed by atoms with van der Waals surface area (Å²) in [5.41, 5.74) is 1.27. The number of nitrogens with zero attached hydrogens (tertiary/aromatic N) is 3. The zero-order valence-electron chi connectivity index (χ0n) is 11.8. The molecule has 1 aromatic carbocycles. The molecule has 6 heteroatoms. The summed E-state index contributed by atoms with van der Waals surface area (Å²) in [7, 11) is 1.47. The molecule has 0 radical (unpaired) electrons. The van der Waals surface area contributed by atoms with E-state index < -0.39 is 0 Å². The van der Waals surface area contributed by atoms with Crippen molar-refractivity contribution in [1.29, 1.82) is 0 Å². The van der Waals surface area contributed by atoms with Crippen molar-refractivity contribution < 1.29 is 9.13 Å². The molecule has 0 aliphatic heterocycles. The Kier molecular flexibility index (Phi) is 4.45. The second kappa shape index (κ2) is 6.27. The van der Waals surface area contributed by atoms with E-state index in [2.05, 4.69) is 20.3 Å². The quantitative estimate of drug-likeness (QED) is 0.910. The topological polar surface area (TPSA) is 59.9 Å².